The maximum Gasteiger partial charge on any atom is 0.243 e. The van der Waals surface area contributed by atoms with Gasteiger partial charge in [-0.2, -0.15) is 4.31 Å². The molecule has 1 saturated carbocycles. The van der Waals surface area contributed by atoms with Crippen LogP contribution in [0.25, 0.3) is 0 Å². The molecule has 1 aromatic rings. The maximum absolute atomic E-state index is 12.7. The van der Waals surface area contributed by atoms with E-state index in [1.54, 1.807) is 24.3 Å². The lowest BCUT2D eigenvalue weighted by Crippen LogP contribution is -2.35. The molecule has 1 amide bonds. The number of halogens is 1. The molecule has 1 heterocycles. The summed E-state index contributed by atoms with van der Waals surface area (Å²) in [7, 11) is -3.49. The van der Waals surface area contributed by atoms with Gasteiger partial charge >= 0.3 is 0 Å². The van der Waals surface area contributed by atoms with Gasteiger partial charge in [-0.05, 0) is 50.3 Å². The third kappa shape index (κ3) is 4.73. The minimum atomic E-state index is -3.49. The van der Waals surface area contributed by atoms with Gasteiger partial charge in [0.15, 0.2) is 0 Å². The first-order valence-electron chi connectivity index (χ1n) is 8.63. The van der Waals surface area contributed by atoms with Gasteiger partial charge < -0.3 is 11.1 Å². The SMILES string of the molecule is Cl.NC1CCC(C(=O)Nc2cccc(S(=O)(=O)N3CCCCC3)c2)C1. The van der Waals surface area contributed by atoms with Gasteiger partial charge in [0.05, 0.1) is 4.90 Å². The fourth-order valence-corrected chi connectivity index (χ4v) is 5.05. The van der Waals surface area contributed by atoms with Gasteiger partial charge in [-0.25, -0.2) is 8.42 Å². The lowest BCUT2D eigenvalue weighted by molar-refractivity contribution is -0.119. The number of piperidine rings is 1. The number of carbonyl (C=O) groups excluding carboxylic acids is 1. The van der Waals surface area contributed by atoms with Gasteiger partial charge in [0.2, 0.25) is 15.9 Å². The van der Waals surface area contributed by atoms with E-state index in [-0.39, 0.29) is 35.2 Å². The van der Waals surface area contributed by atoms with Crippen molar-refractivity contribution in [3.63, 3.8) is 0 Å². The van der Waals surface area contributed by atoms with Crippen LogP contribution in [-0.4, -0.2) is 37.8 Å². The molecule has 1 aliphatic carbocycles. The van der Waals surface area contributed by atoms with Crippen LogP contribution < -0.4 is 11.1 Å². The summed E-state index contributed by atoms with van der Waals surface area (Å²) in [5.74, 6) is -0.155. The summed E-state index contributed by atoms with van der Waals surface area (Å²) in [6, 6.07) is 6.63. The Labute approximate surface area is 155 Å². The van der Waals surface area contributed by atoms with Crippen molar-refractivity contribution in [3.8, 4) is 0 Å². The third-order valence-corrected chi connectivity index (χ3v) is 6.79. The second-order valence-electron chi connectivity index (χ2n) is 6.75. The Morgan fingerprint density at radius 1 is 1.16 bits per heavy atom. The van der Waals surface area contributed by atoms with Crippen LogP contribution in [0.5, 0.6) is 0 Å². The zero-order valence-electron chi connectivity index (χ0n) is 14.2. The van der Waals surface area contributed by atoms with Gasteiger partial charge in [0.25, 0.3) is 0 Å². The number of rotatable bonds is 4. The summed E-state index contributed by atoms with van der Waals surface area (Å²) >= 11 is 0. The first-order chi connectivity index (χ1) is 11.5. The molecule has 1 aromatic carbocycles. The number of sulfonamides is 1. The Bertz CT molecular complexity index is 705. The number of anilines is 1. The standard InChI is InChI=1S/C17H25N3O3S.ClH/c18-14-8-7-13(11-14)17(21)19-15-5-4-6-16(12-15)24(22,23)20-9-2-1-3-10-20;/h4-6,12-14H,1-3,7-11,18H2,(H,19,21);1H. The molecule has 2 aliphatic rings. The summed E-state index contributed by atoms with van der Waals surface area (Å²) in [4.78, 5) is 12.5. The Kier molecular flexibility index (Phi) is 6.85. The molecule has 0 aromatic heterocycles. The average Bonchev–Trinajstić information content (AvgIpc) is 3.02. The summed E-state index contributed by atoms with van der Waals surface area (Å²) in [6.07, 6.45) is 5.22. The van der Waals surface area contributed by atoms with E-state index in [9.17, 15) is 13.2 Å². The first-order valence-corrected chi connectivity index (χ1v) is 10.1. The summed E-state index contributed by atoms with van der Waals surface area (Å²) in [6.45, 7) is 1.14. The van der Waals surface area contributed by atoms with E-state index in [0.717, 1.165) is 32.1 Å². The molecule has 8 heteroatoms. The molecule has 2 fully saturated rings. The van der Waals surface area contributed by atoms with Crippen LogP contribution in [0, 0.1) is 5.92 Å². The highest BCUT2D eigenvalue weighted by atomic mass is 35.5. The number of nitrogens with two attached hydrogens (primary N) is 1. The lowest BCUT2D eigenvalue weighted by Gasteiger charge is -2.26. The first kappa shape index (κ1) is 20.2. The predicted octanol–water partition coefficient (Wildman–Crippen LogP) is 2.35. The fraction of sp³-hybridized carbons (Fsp3) is 0.588. The van der Waals surface area contributed by atoms with E-state index in [1.165, 1.54) is 4.31 Å². The number of benzene rings is 1. The molecule has 0 spiro atoms. The van der Waals surface area contributed by atoms with E-state index in [4.69, 9.17) is 5.73 Å². The molecule has 25 heavy (non-hydrogen) atoms. The van der Waals surface area contributed by atoms with Gasteiger partial charge in [0, 0.05) is 30.7 Å². The molecular weight excluding hydrogens is 362 g/mol. The Balaban J connectivity index is 0.00000225. The topological polar surface area (TPSA) is 92.5 Å². The number of hydrogen-bond acceptors (Lipinski definition) is 4. The molecule has 0 radical (unpaired) electrons. The van der Waals surface area contributed by atoms with Crippen molar-refractivity contribution in [2.75, 3.05) is 18.4 Å². The second kappa shape index (κ2) is 8.49. The van der Waals surface area contributed by atoms with Gasteiger partial charge in [0.1, 0.15) is 0 Å². The van der Waals surface area contributed by atoms with Gasteiger partial charge in [-0.1, -0.05) is 12.5 Å². The van der Waals surface area contributed by atoms with Crippen LogP contribution in [0.15, 0.2) is 29.2 Å². The quantitative estimate of drug-likeness (QED) is 0.829. The molecule has 3 N–H and O–H groups in total. The van der Waals surface area contributed by atoms with Crippen LogP contribution >= 0.6 is 12.4 Å². The maximum atomic E-state index is 12.7. The molecule has 2 unspecified atom stereocenters. The van der Waals surface area contributed by atoms with Crippen LogP contribution in [0.2, 0.25) is 0 Å². The Morgan fingerprint density at radius 2 is 1.88 bits per heavy atom. The predicted molar refractivity (Wildman–Crippen MR) is 100 cm³/mol. The van der Waals surface area contributed by atoms with E-state index in [2.05, 4.69) is 5.32 Å². The van der Waals surface area contributed by atoms with Crippen molar-refractivity contribution in [3.05, 3.63) is 24.3 Å². The van der Waals surface area contributed by atoms with E-state index >= 15 is 0 Å². The summed E-state index contributed by atoms with van der Waals surface area (Å²) in [5, 5.41) is 2.84. The molecule has 140 valence electrons. The number of hydrogen-bond donors (Lipinski definition) is 2. The van der Waals surface area contributed by atoms with Crippen LogP contribution in [-0.2, 0) is 14.8 Å². The number of nitrogens with zero attached hydrogens (tertiary/aromatic N) is 1. The largest absolute Gasteiger partial charge is 0.328 e. The van der Waals surface area contributed by atoms with Crippen molar-refractivity contribution in [2.45, 2.75) is 49.5 Å². The normalized spacial score (nSPS) is 24.5. The van der Waals surface area contributed by atoms with Crippen molar-refractivity contribution >= 4 is 34.0 Å². The Hall–Kier alpha value is -1.15. The lowest BCUT2D eigenvalue weighted by atomic mass is 10.1. The zero-order chi connectivity index (χ0) is 17.2. The molecular formula is C17H26ClN3O3S. The molecule has 1 aliphatic heterocycles. The highest BCUT2D eigenvalue weighted by molar-refractivity contribution is 7.89. The molecule has 3 rings (SSSR count). The van der Waals surface area contributed by atoms with E-state index < -0.39 is 10.0 Å². The van der Waals surface area contributed by atoms with Gasteiger partial charge in [-0.15, -0.1) is 12.4 Å². The molecule has 2 atom stereocenters. The zero-order valence-corrected chi connectivity index (χ0v) is 15.8. The smallest absolute Gasteiger partial charge is 0.243 e. The Morgan fingerprint density at radius 3 is 2.52 bits per heavy atom. The number of carbonyl (C=O) groups is 1. The van der Waals surface area contributed by atoms with Gasteiger partial charge in [-0.3, -0.25) is 4.79 Å². The van der Waals surface area contributed by atoms with Crippen molar-refractivity contribution in [2.24, 2.45) is 11.7 Å². The fourth-order valence-electron chi connectivity index (χ4n) is 3.49. The van der Waals surface area contributed by atoms with Crippen molar-refractivity contribution < 1.29 is 13.2 Å². The monoisotopic (exact) mass is 387 g/mol. The highest BCUT2D eigenvalue weighted by Crippen LogP contribution is 2.27. The summed E-state index contributed by atoms with van der Waals surface area (Å²) in [5.41, 5.74) is 6.38. The number of amides is 1. The van der Waals surface area contributed by atoms with Crippen LogP contribution in [0.3, 0.4) is 0 Å². The minimum absolute atomic E-state index is 0. The molecule has 0 bridgehead atoms. The minimum Gasteiger partial charge on any atom is -0.328 e. The van der Waals surface area contributed by atoms with Crippen LogP contribution in [0.4, 0.5) is 5.69 Å². The van der Waals surface area contributed by atoms with E-state index in [1.807, 2.05) is 0 Å². The highest BCUT2D eigenvalue weighted by Gasteiger charge is 2.29. The summed E-state index contributed by atoms with van der Waals surface area (Å²) < 4.78 is 27.0. The second-order valence-corrected chi connectivity index (χ2v) is 8.69. The van der Waals surface area contributed by atoms with Crippen molar-refractivity contribution in [1.29, 1.82) is 0 Å². The number of nitrogens with one attached hydrogen (secondary N) is 1. The van der Waals surface area contributed by atoms with Crippen molar-refractivity contribution in [1.82, 2.24) is 4.31 Å². The molecule has 6 nitrogen and oxygen atoms in total. The van der Waals surface area contributed by atoms with Crippen LogP contribution in [0.1, 0.15) is 38.5 Å². The third-order valence-electron chi connectivity index (χ3n) is 4.90. The average molecular weight is 388 g/mol. The molecule has 1 saturated heterocycles. The van der Waals surface area contributed by atoms with E-state index in [0.29, 0.717) is 25.2 Å².